The lowest BCUT2D eigenvalue weighted by Crippen LogP contribution is -2.36. The van der Waals surface area contributed by atoms with E-state index < -0.39 is 6.10 Å². The first-order chi connectivity index (χ1) is 11.7. The largest absolute Gasteiger partial charge is 0.385 e. The summed E-state index contributed by atoms with van der Waals surface area (Å²) in [4.78, 5) is 14.4. The maximum Gasteiger partial charge on any atom is 0.135 e. The van der Waals surface area contributed by atoms with E-state index in [0.717, 1.165) is 43.8 Å². The van der Waals surface area contributed by atoms with Crippen molar-refractivity contribution in [1.82, 2.24) is 24.4 Å². The molecule has 1 atom stereocenters. The Bertz CT molecular complexity index is 802. The van der Waals surface area contributed by atoms with Crippen molar-refractivity contribution < 1.29 is 5.11 Å². The lowest BCUT2D eigenvalue weighted by atomic mass is 9.91. The van der Waals surface area contributed by atoms with Crippen LogP contribution in [0.2, 0.25) is 0 Å². The number of aromatic amines is 1. The van der Waals surface area contributed by atoms with Crippen molar-refractivity contribution in [3.8, 4) is 0 Å². The zero-order chi connectivity index (χ0) is 16.5. The molecule has 3 aromatic rings. The molecule has 4 rings (SSSR count). The summed E-state index contributed by atoms with van der Waals surface area (Å²) >= 11 is 0. The number of aromatic nitrogens is 4. The SMILES string of the molecule is Cn1c(CN2CCC(C(O)c3ncc[nH]3)CC2)nc2ccccc21. The number of benzene rings is 1. The van der Waals surface area contributed by atoms with E-state index >= 15 is 0 Å². The van der Waals surface area contributed by atoms with E-state index in [0.29, 0.717) is 5.82 Å². The Hall–Kier alpha value is -2.18. The first-order valence-electron chi connectivity index (χ1n) is 8.52. The highest BCUT2D eigenvalue weighted by Crippen LogP contribution is 2.29. The molecule has 1 saturated heterocycles. The summed E-state index contributed by atoms with van der Waals surface area (Å²) in [6, 6.07) is 8.25. The van der Waals surface area contributed by atoms with Gasteiger partial charge in [-0.3, -0.25) is 4.90 Å². The standard InChI is InChI=1S/C18H23N5O/c1-22-15-5-3-2-4-14(15)21-16(22)12-23-10-6-13(7-11-23)17(24)18-19-8-9-20-18/h2-5,8-9,13,17,24H,6-7,10-12H2,1H3,(H,19,20). The van der Waals surface area contributed by atoms with Gasteiger partial charge in [0.25, 0.3) is 0 Å². The number of aryl methyl sites for hydroxylation is 1. The number of nitrogens with one attached hydrogen (secondary N) is 1. The quantitative estimate of drug-likeness (QED) is 0.772. The van der Waals surface area contributed by atoms with Gasteiger partial charge in [0.15, 0.2) is 0 Å². The molecule has 1 aromatic carbocycles. The van der Waals surface area contributed by atoms with E-state index in [2.05, 4.69) is 44.7 Å². The molecule has 6 heteroatoms. The number of fused-ring (bicyclic) bond motifs is 1. The van der Waals surface area contributed by atoms with Gasteiger partial charge in [-0.1, -0.05) is 12.1 Å². The van der Waals surface area contributed by atoms with Gasteiger partial charge in [0.05, 0.1) is 17.6 Å². The summed E-state index contributed by atoms with van der Waals surface area (Å²) in [6.45, 7) is 2.81. The molecule has 1 aliphatic rings. The van der Waals surface area contributed by atoms with Crippen molar-refractivity contribution in [3.63, 3.8) is 0 Å². The Morgan fingerprint density at radius 1 is 1.29 bits per heavy atom. The number of likely N-dealkylation sites (tertiary alicyclic amines) is 1. The summed E-state index contributed by atoms with van der Waals surface area (Å²) in [5, 5.41) is 10.4. The van der Waals surface area contributed by atoms with E-state index in [1.165, 1.54) is 5.52 Å². The number of H-pyrrole nitrogens is 1. The zero-order valence-corrected chi connectivity index (χ0v) is 13.9. The molecule has 0 aliphatic carbocycles. The highest BCUT2D eigenvalue weighted by atomic mass is 16.3. The third kappa shape index (κ3) is 2.83. The summed E-state index contributed by atoms with van der Waals surface area (Å²) in [5.41, 5.74) is 2.23. The van der Waals surface area contributed by atoms with Gasteiger partial charge in [-0.05, 0) is 44.0 Å². The minimum atomic E-state index is -0.488. The van der Waals surface area contributed by atoms with Crippen molar-refractivity contribution in [2.24, 2.45) is 13.0 Å². The average Bonchev–Trinajstić information content (AvgIpc) is 3.25. The molecule has 2 N–H and O–H groups in total. The van der Waals surface area contributed by atoms with E-state index in [-0.39, 0.29) is 5.92 Å². The van der Waals surface area contributed by atoms with Gasteiger partial charge in [-0.15, -0.1) is 0 Å². The highest BCUT2D eigenvalue weighted by molar-refractivity contribution is 5.75. The third-order valence-electron chi connectivity index (χ3n) is 5.12. The van der Waals surface area contributed by atoms with E-state index in [4.69, 9.17) is 4.98 Å². The second-order valence-corrected chi connectivity index (χ2v) is 6.61. The van der Waals surface area contributed by atoms with E-state index in [9.17, 15) is 5.11 Å². The van der Waals surface area contributed by atoms with Crippen molar-refractivity contribution in [2.75, 3.05) is 13.1 Å². The maximum absolute atomic E-state index is 10.4. The van der Waals surface area contributed by atoms with Crippen molar-refractivity contribution in [3.05, 3.63) is 48.3 Å². The molecular formula is C18H23N5O. The van der Waals surface area contributed by atoms with Crippen molar-refractivity contribution in [2.45, 2.75) is 25.5 Å². The molecule has 0 radical (unpaired) electrons. The number of hydrogen-bond acceptors (Lipinski definition) is 4. The molecule has 1 fully saturated rings. The monoisotopic (exact) mass is 325 g/mol. The number of piperidine rings is 1. The second kappa shape index (κ2) is 6.37. The van der Waals surface area contributed by atoms with Crippen molar-refractivity contribution in [1.29, 1.82) is 0 Å². The molecule has 126 valence electrons. The zero-order valence-electron chi connectivity index (χ0n) is 13.9. The van der Waals surface area contributed by atoms with Gasteiger partial charge < -0.3 is 14.7 Å². The minimum Gasteiger partial charge on any atom is -0.385 e. The lowest BCUT2D eigenvalue weighted by Gasteiger charge is -2.33. The predicted molar refractivity (Wildman–Crippen MR) is 92.3 cm³/mol. The number of aliphatic hydroxyl groups excluding tert-OH is 1. The second-order valence-electron chi connectivity index (χ2n) is 6.61. The molecule has 0 saturated carbocycles. The number of para-hydroxylation sites is 2. The van der Waals surface area contributed by atoms with Gasteiger partial charge in [-0.25, -0.2) is 9.97 Å². The molecule has 1 aliphatic heterocycles. The van der Waals surface area contributed by atoms with Gasteiger partial charge in [0, 0.05) is 19.4 Å². The van der Waals surface area contributed by atoms with Gasteiger partial charge >= 0.3 is 0 Å². The summed E-state index contributed by atoms with van der Waals surface area (Å²) in [6.07, 6.45) is 4.93. The number of imidazole rings is 2. The molecule has 6 nitrogen and oxygen atoms in total. The fourth-order valence-corrected chi connectivity index (χ4v) is 3.63. The van der Waals surface area contributed by atoms with Crippen LogP contribution in [0.25, 0.3) is 11.0 Å². The number of rotatable bonds is 4. The van der Waals surface area contributed by atoms with E-state index in [1.54, 1.807) is 12.4 Å². The molecule has 0 bridgehead atoms. The first-order valence-corrected chi connectivity index (χ1v) is 8.52. The van der Waals surface area contributed by atoms with Crippen LogP contribution >= 0.6 is 0 Å². The fraction of sp³-hybridized carbons (Fsp3) is 0.444. The molecule has 2 aromatic heterocycles. The van der Waals surface area contributed by atoms with Gasteiger partial charge in [0.1, 0.15) is 17.8 Å². The lowest BCUT2D eigenvalue weighted by molar-refractivity contribution is 0.0506. The van der Waals surface area contributed by atoms with Crippen LogP contribution in [0.5, 0.6) is 0 Å². The predicted octanol–water partition coefficient (Wildman–Crippen LogP) is 2.24. The molecule has 0 spiro atoms. The Morgan fingerprint density at radius 2 is 2.08 bits per heavy atom. The summed E-state index contributed by atoms with van der Waals surface area (Å²) < 4.78 is 2.18. The molecule has 1 unspecified atom stereocenters. The van der Waals surface area contributed by atoms with Crippen LogP contribution in [-0.4, -0.2) is 42.6 Å². The van der Waals surface area contributed by atoms with Crippen molar-refractivity contribution >= 4 is 11.0 Å². The Morgan fingerprint density at radius 3 is 2.79 bits per heavy atom. The van der Waals surface area contributed by atoms with Crippen LogP contribution in [0, 0.1) is 5.92 Å². The topological polar surface area (TPSA) is 70.0 Å². The highest BCUT2D eigenvalue weighted by Gasteiger charge is 2.28. The Labute approximate surface area is 141 Å². The summed E-state index contributed by atoms with van der Waals surface area (Å²) in [7, 11) is 2.08. The van der Waals surface area contributed by atoms with Crippen LogP contribution in [0.4, 0.5) is 0 Å². The number of aliphatic hydroxyl groups is 1. The first kappa shape index (κ1) is 15.4. The molecule has 0 amide bonds. The molecule has 3 heterocycles. The third-order valence-corrected chi connectivity index (χ3v) is 5.12. The van der Waals surface area contributed by atoms with Crippen LogP contribution < -0.4 is 0 Å². The van der Waals surface area contributed by atoms with Crippen LogP contribution in [0.3, 0.4) is 0 Å². The molecular weight excluding hydrogens is 302 g/mol. The van der Waals surface area contributed by atoms with Crippen LogP contribution in [0.15, 0.2) is 36.7 Å². The average molecular weight is 325 g/mol. The van der Waals surface area contributed by atoms with Crippen LogP contribution in [0.1, 0.15) is 30.6 Å². The Kier molecular flexibility index (Phi) is 4.08. The molecule has 24 heavy (non-hydrogen) atoms. The van der Waals surface area contributed by atoms with Gasteiger partial charge in [0.2, 0.25) is 0 Å². The Balaban J connectivity index is 1.40. The van der Waals surface area contributed by atoms with Gasteiger partial charge in [-0.2, -0.15) is 0 Å². The minimum absolute atomic E-state index is 0.271. The fourth-order valence-electron chi connectivity index (χ4n) is 3.63. The normalized spacial score (nSPS) is 18.2. The van der Waals surface area contributed by atoms with Crippen LogP contribution in [-0.2, 0) is 13.6 Å². The number of nitrogens with zero attached hydrogens (tertiary/aromatic N) is 4. The smallest absolute Gasteiger partial charge is 0.135 e. The number of hydrogen-bond donors (Lipinski definition) is 2. The van der Waals surface area contributed by atoms with E-state index in [1.807, 2.05) is 6.07 Å². The maximum atomic E-state index is 10.4. The summed E-state index contributed by atoms with van der Waals surface area (Å²) in [5.74, 6) is 2.05.